The minimum Gasteiger partial charge on any atom is -0.454 e. The standard InChI is InChI=1S/C18H12ClN3O4S/c19-11-3-1-10(2-4-11)16(23)22-18-21-13(8-27-18)17(24)20-12-5-6-14-15(7-12)26-9-25-14/h1-8H,9H2,(H,20,24)(H,21,22,23). The van der Waals surface area contributed by atoms with Crippen molar-refractivity contribution < 1.29 is 19.1 Å². The summed E-state index contributed by atoms with van der Waals surface area (Å²) in [4.78, 5) is 28.7. The van der Waals surface area contributed by atoms with Crippen LogP contribution in [-0.2, 0) is 0 Å². The Morgan fingerprint density at radius 3 is 2.59 bits per heavy atom. The van der Waals surface area contributed by atoms with E-state index in [0.29, 0.717) is 32.9 Å². The van der Waals surface area contributed by atoms with Crippen LogP contribution in [0.1, 0.15) is 20.8 Å². The zero-order valence-corrected chi connectivity index (χ0v) is 15.3. The maximum Gasteiger partial charge on any atom is 0.275 e. The number of halogens is 1. The number of hydrogen-bond acceptors (Lipinski definition) is 6. The lowest BCUT2D eigenvalue weighted by atomic mass is 10.2. The molecule has 27 heavy (non-hydrogen) atoms. The fourth-order valence-corrected chi connectivity index (χ4v) is 3.19. The van der Waals surface area contributed by atoms with Crippen molar-refractivity contribution >= 4 is 45.6 Å². The van der Waals surface area contributed by atoms with Crippen LogP contribution in [0.3, 0.4) is 0 Å². The number of anilines is 2. The van der Waals surface area contributed by atoms with Crippen LogP contribution in [0.4, 0.5) is 10.8 Å². The molecule has 4 rings (SSSR count). The van der Waals surface area contributed by atoms with Crippen LogP contribution in [0, 0.1) is 0 Å². The normalized spacial score (nSPS) is 11.9. The molecular weight excluding hydrogens is 390 g/mol. The number of amides is 2. The molecule has 0 saturated carbocycles. The Hall–Kier alpha value is -3.10. The summed E-state index contributed by atoms with van der Waals surface area (Å²) < 4.78 is 10.5. The monoisotopic (exact) mass is 401 g/mol. The summed E-state index contributed by atoms with van der Waals surface area (Å²) in [6.07, 6.45) is 0. The van der Waals surface area contributed by atoms with Gasteiger partial charge in [-0.15, -0.1) is 11.3 Å². The van der Waals surface area contributed by atoms with Crippen LogP contribution < -0.4 is 20.1 Å². The van der Waals surface area contributed by atoms with E-state index in [1.165, 1.54) is 0 Å². The number of benzene rings is 2. The van der Waals surface area contributed by atoms with Crippen LogP contribution in [-0.4, -0.2) is 23.6 Å². The van der Waals surface area contributed by atoms with E-state index in [1.807, 2.05) is 0 Å². The number of aromatic nitrogens is 1. The average molecular weight is 402 g/mol. The number of nitrogens with zero attached hydrogens (tertiary/aromatic N) is 1. The van der Waals surface area contributed by atoms with Crippen molar-refractivity contribution in [2.75, 3.05) is 17.4 Å². The van der Waals surface area contributed by atoms with Crippen LogP contribution in [0.25, 0.3) is 0 Å². The lowest BCUT2D eigenvalue weighted by Crippen LogP contribution is -2.14. The van der Waals surface area contributed by atoms with Crippen LogP contribution >= 0.6 is 22.9 Å². The first-order chi connectivity index (χ1) is 13.1. The van der Waals surface area contributed by atoms with Crippen molar-refractivity contribution in [1.82, 2.24) is 4.98 Å². The van der Waals surface area contributed by atoms with Gasteiger partial charge in [0.1, 0.15) is 5.69 Å². The molecule has 2 heterocycles. The van der Waals surface area contributed by atoms with Crippen molar-refractivity contribution in [3.8, 4) is 11.5 Å². The largest absolute Gasteiger partial charge is 0.454 e. The van der Waals surface area contributed by atoms with Gasteiger partial charge in [-0.3, -0.25) is 14.9 Å². The maximum atomic E-state index is 12.4. The van der Waals surface area contributed by atoms with Gasteiger partial charge < -0.3 is 14.8 Å². The van der Waals surface area contributed by atoms with Gasteiger partial charge in [-0.1, -0.05) is 11.6 Å². The van der Waals surface area contributed by atoms with Crippen molar-refractivity contribution in [3.05, 3.63) is 64.1 Å². The summed E-state index contributed by atoms with van der Waals surface area (Å²) in [6.45, 7) is 0.162. The fraction of sp³-hybridized carbons (Fsp3) is 0.0556. The number of thiazole rings is 1. The average Bonchev–Trinajstić information content (AvgIpc) is 3.31. The molecule has 0 aliphatic carbocycles. The zero-order valence-electron chi connectivity index (χ0n) is 13.7. The molecule has 0 saturated heterocycles. The van der Waals surface area contributed by atoms with Gasteiger partial charge in [-0.2, -0.15) is 0 Å². The van der Waals surface area contributed by atoms with Gasteiger partial charge in [0.2, 0.25) is 6.79 Å². The van der Waals surface area contributed by atoms with E-state index < -0.39 is 5.91 Å². The molecule has 2 aromatic carbocycles. The SMILES string of the molecule is O=C(Nc1nc(C(=O)Nc2ccc3c(c2)OCO3)cs1)c1ccc(Cl)cc1. The third kappa shape index (κ3) is 3.86. The first-order valence-electron chi connectivity index (χ1n) is 7.82. The van der Waals surface area contributed by atoms with Crippen molar-refractivity contribution in [3.63, 3.8) is 0 Å². The molecule has 2 amide bonds. The van der Waals surface area contributed by atoms with Crippen LogP contribution in [0.2, 0.25) is 5.02 Å². The van der Waals surface area contributed by atoms with E-state index in [-0.39, 0.29) is 18.4 Å². The van der Waals surface area contributed by atoms with Gasteiger partial charge in [0, 0.05) is 27.7 Å². The Morgan fingerprint density at radius 1 is 1.00 bits per heavy atom. The Kier molecular flexibility index (Phi) is 4.66. The molecule has 3 aromatic rings. The molecule has 0 unspecified atom stereocenters. The molecule has 0 spiro atoms. The summed E-state index contributed by atoms with van der Waals surface area (Å²) in [6, 6.07) is 11.6. The summed E-state index contributed by atoms with van der Waals surface area (Å²) in [5.74, 6) is 0.483. The highest BCUT2D eigenvalue weighted by Crippen LogP contribution is 2.34. The molecule has 0 atom stereocenters. The summed E-state index contributed by atoms with van der Waals surface area (Å²) in [5, 5.41) is 7.83. The highest BCUT2D eigenvalue weighted by atomic mass is 35.5. The lowest BCUT2D eigenvalue weighted by molar-refractivity contribution is 0.101. The molecule has 0 radical (unpaired) electrons. The second kappa shape index (κ2) is 7.26. The minimum absolute atomic E-state index is 0.162. The molecule has 136 valence electrons. The minimum atomic E-state index is -0.392. The van der Waals surface area contributed by atoms with Gasteiger partial charge in [-0.05, 0) is 36.4 Å². The molecule has 9 heteroatoms. The number of ether oxygens (including phenoxy) is 2. The van der Waals surface area contributed by atoms with E-state index in [4.69, 9.17) is 21.1 Å². The smallest absolute Gasteiger partial charge is 0.275 e. The molecule has 1 aliphatic heterocycles. The maximum absolute atomic E-state index is 12.4. The van der Waals surface area contributed by atoms with E-state index in [2.05, 4.69) is 15.6 Å². The molecule has 2 N–H and O–H groups in total. The van der Waals surface area contributed by atoms with Crippen LogP contribution in [0.15, 0.2) is 47.8 Å². The Bertz CT molecular complexity index is 1020. The fourth-order valence-electron chi connectivity index (χ4n) is 2.38. The van der Waals surface area contributed by atoms with Crippen molar-refractivity contribution in [2.45, 2.75) is 0 Å². The second-order valence-electron chi connectivity index (χ2n) is 5.52. The molecular formula is C18H12ClN3O4S. The first kappa shape index (κ1) is 17.3. The van der Waals surface area contributed by atoms with E-state index in [1.54, 1.807) is 47.8 Å². The molecule has 1 aromatic heterocycles. The predicted molar refractivity (Wildman–Crippen MR) is 102 cm³/mol. The Morgan fingerprint density at radius 2 is 1.78 bits per heavy atom. The number of carbonyl (C=O) groups excluding carboxylic acids is 2. The highest BCUT2D eigenvalue weighted by molar-refractivity contribution is 7.14. The summed E-state index contributed by atoms with van der Waals surface area (Å²) in [5.41, 5.74) is 1.20. The third-order valence-electron chi connectivity index (χ3n) is 3.69. The molecule has 0 fully saturated rings. The number of nitrogens with one attached hydrogen (secondary N) is 2. The van der Waals surface area contributed by atoms with Crippen molar-refractivity contribution in [2.24, 2.45) is 0 Å². The molecule has 1 aliphatic rings. The first-order valence-corrected chi connectivity index (χ1v) is 9.08. The zero-order chi connectivity index (χ0) is 18.8. The number of hydrogen-bond donors (Lipinski definition) is 2. The highest BCUT2D eigenvalue weighted by Gasteiger charge is 2.17. The number of rotatable bonds is 4. The van der Waals surface area contributed by atoms with Crippen molar-refractivity contribution in [1.29, 1.82) is 0 Å². The quantitative estimate of drug-likeness (QED) is 0.688. The van der Waals surface area contributed by atoms with Gasteiger partial charge in [-0.25, -0.2) is 4.98 Å². The Labute approximate surface area is 162 Å². The Balaban J connectivity index is 1.41. The van der Waals surface area contributed by atoms with Gasteiger partial charge >= 0.3 is 0 Å². The lowest BCUT2D eigenvalue weighted by Gasteiger charge is -2.04. The van der Waals surface area contributed by atoms with Gasteiger partial charge in [0.15, 0.2) is 16.6 Å². The van der Waals surface area contributed by atoms with E-state index in [0.717, 1.165) is 11.3 Å². The number of carbonyl (C=O) groups is 2. The molecule has 0 bridgehead atoms. The van der Waals surface area contributed by atoms with Crippen LogP contribution in [0.5, 0.6) is 11.5 Å². The van der Waals surface area contributed by atoms with E-state index in [9.17, 15) is 9.59 Å². The van der Waals surface area contributed by atoms with Gasteiger partial charge in [0.25, 0.3) is 11.8 Å². The topological polar surface area (TPSA) is 89.6 Å². The predicted octanol–water partition coefficient (Wildman–Crippen LogP) is 4.03. The third-order valence-corrected chi connectivity index (χ3v) is 4.70. The van der Waals surface area contributed by atoms with Gasteiger partial charge in [0.05, 0.1) is 0 Å². The molecule has 7 nitrogen and oxygen atoms in total. The number of fused-ring (bicyclic) bond motifs is 1. The van der Waals surface area contributed by atoms with E-state index >= 15 is 0 Å². The summed E-state index contributed by atoms with van der Waals surface area (Å²) in [7, 11) is 0. The second-order valence-corrected chi connectivity index (χ2v) is 6.82. The summed E-state index contributed by atoms with van der Waals surface area (Å²) >= 11 is 6.97.